The molecule has 108 valence electrons. The summed E-state index contributed by atoms with van der Waals surface area (Å²) < 4.78 is 5.65. The number of carbonyl (C=O) groups is 1. The zero-order valence-corrected chi connectivity index (χ0v) is 11.3. The predicted octanol–water partition coefficient (Wildman–Crippen LogP) is 0.800. The molecular formula is C14H22O5. The Morgan fingerprint density at radius 3 is 2.58 bits per heavy atom. The summed E-state index contributed by atoms with van der Waals surface area (Å²) in [7, 11) is 0. The van der Waals surface area contributed by atoms with Gasteiger partial charge >= 0.3 is 5.97 Å². The number of aliphatic carboxylic acids is 1. The summed E-state index contributed by atoms with van der Waals surface area (Å²) in [5.74, 6) is -0.352. The minimum atomic E-state index is -0.936. The molecule has 0 aromatic carbocycles. The highest BCUT2D eigenvalue weighted by Crippen LogP contribution is 2.48. The lowest BCUT2D eigenvalue weighted by molar-refractivity contribution is -0.132. The third-order valence-corrected chi connectivity index (χ3v) is 4.45. The van der Waals surface area contributed by atoms with E-state index in [2.05, 4.69) is 0 Å². The average molecular weight is 270 g/mol. The molecule has 0 saturated heterocycles. The maximum atomic E-state index is 10.7. The van der Waals surface area contributed by atoms with Crippen LogP contribution in [0.1, 0.15) is 26.7 Å². The van der Waals surface area contributed by atoms with Gasteiger partial charge in [0.1, 0.15) is 0 Å². The first-order chi connectivity index (χ1) is 8.90. The van der Waals surface area contributed by atoms with Crippen molar-refractivity contribution < 1.29 is 24.9 Å². The highest BCUT2D eigenvalue weighted by atomic mass is 16.5. The van der Waals surface area contributed by atoms with Gasteiger partial charge < -0.3 is 20.1 Å². The maximum absolute atomic E-state index is 10.7. The van der Waals surface area contributed by atoms with Crippen LogP contribution in [0.3, 0.4) is 0 Å². The zero-order valence-electron chi connectivity index (χ0n) is 11.3. The summed E-state index contributed by atoms with van der Waals surface area (Å²) in [5, 5.41) is 28.3. The van der Waals surface area contributed by atoms with Crippen LogP contribution in [-0.4, -0.2) is 46.2 Å². The minimum absolute atomic E-state index is 0.122. The Morgan fingerprint density at radius 1 is 1.37 bits per heavy atom. The lowest BCUT2D eigenvalue weighted by Gasteiger charge is -2.30. The van der Waals surface area contributed by atoms with Crippen LogP contribution in [0.2, 0.25) is 0 Å². The summed E-state index contributed by atoms with van der Waals surface area (Å²) in [4.78, 5) is 10.7. The molecule has 2 fully saturated rings. The smallest absolute Gasteiger partial charge is 0.331 e. The second kappa shape index (κ2) is 5.61. The highest BCUT2D eigenvalue weighted by molar-refractivity contribution is 5.85. The van der Waals surface area contributed by atoms with E-state index in [1.165, 1.54) is 0 Å². The van der Waals surface area contributed by atoms with E-state index in [-0.39, 0.29) is 29.4 Å². The second-order valence-corrected chi connectivity index (χ2v) is 5.83. The van der Waals surface area contributed by atoms with Gasteiger partial charge in [-0.15, -0.1) is 0 Å². The number of rotatable bonds is 5. The summed E-state index contributed by atoms with van der Waals surface area (Å²) in [6, 6.07) is 0. The Balaban J connectivity index is 1.81. The first-order valence-electron chi connectivity index (χ1n) is 6.79. The van der Waals surface area contributed by atoms with E-state index in [9.17, 15) is 15.0 Å². The predicted molar refractivity (Wildman–Crippen MR) is 68.5 cm³/mol. The van der Waals surface area contributed by atoms with Gasteiger partial charge in [0.05, 0.1) is 24.9 Å². The van der Waals surface area contributed by atoms with Gasteiger partial charge in [-0.25, -0.2) is 4.79 Å². The normalized spacial score (nSPS) is 39.6. The standard InChI is InChI=1S/C14H22O5/c1-7(14(17)18)3-8(2)19-6-10-4-9-5-11(10)13(16)12(9)15/h3,8-13,15-16H,4-6H2,1-2H3,(H,17,18). The van der Waals surface area contributed by atoms with Gasteiger partial charge in [-0.05, 0) is 50.5 Å². The van der Waals surface area contributed by atoms with Gasteiger partial charge in [0.2, 0.25) is 0 Å². The lowest BCUT2D eigenvalue weighted by atomic mass is 9.85. The van der Waals surface area contributed by atoms with Crippen molar-refractivity contribution >= 4 is 5.97 Å². The molecule has 5 heteroatoms. The highest BCUT2D eigenvalue weighted by Gasteiger charge is 2.51. The molecule has 0 aromatic rings. The molecule has 19 heavy (non-hydrogen) atoms. The third kappa shape index (κ3) is 2.99. The number of aliphatic hydroxyl groups is 2. The first-order valence-corrected chi connectivity index (χ1v) is 6.79. The Kier molecular flexibility index (Phi) is 4.28. The Morgan fingerprint density at radius 2 is 2.05 bits per heavy atom. The molecule has 0 radical (unpaired) electrons. The zero-order chi connectivity index (χ0) is 14.2. The van der Waals surface area contributed by atoms with E-state index in [4.69, 9.17) is 9.84 Å². The molecule has 0 aliphatic heterocycles. The molecule has 0 aromatic heterocycles. The summed E-state index contributed by atoms with van der Waals surface area (Å²) in [5.41, 5.74) is 0.274. The van der Waals surface area contributed by atoms with Gasteiger partial charge in [-0.2, -0.15) is 0 Å². The van der Waals surface area contributed by atoms with E-state index < -0.39 is 18.2 Å². The first kappa shape index (κ1) is 14.5. The van der Waals surface area contributed by atoms with Crippen molar-refractivity contribution in [3.8, 4) is 0 Å². The lowest BCUT2D eigenvalue weighted by Crippen LogP contribution is -2.38. The van der Waals surface area contributed by atoms with E-state index >= 15 is 0 Å². The van der Waals surface area contributed by atoms with Crippen LogP contribution in [0.5, 0.6) is 0 Å². The molecular weight excluding hydrogens is 248 g/mol. The van der Waals surface area contributed by atoms with Crippen LogP contribution >= 0.6 is 0 Å². The van der Waals surface area contributed by atoms with Crippen molar-refractivity contribution in [1.29, 1.82) is 0 Å². The van der Waals surface area contributed by atoms with Crippen molar-refractivity contribution in [3.63, 3.8) is 0 Å². The monoisotopic (exact) mass is 270 g/mol. The fourth-order valence-corrected chi connectivity index (χ4v) is 3.37. The Labute approximate surface area is 112 Å². The van der Waals surface area contributed by atoms with E-state index in [0.717, 1.165) is 12.8 Å². The molecule has 2 bridgehead atoms. The largest absolute Gasteiger partial charge is 0.478 e. The Hall–Kier alpha value is -0.910. The molecule has 2 saturated carbocycles. The van der Waals surface area contributed by atoms with Crippen LogP contribution in [-0.2, 0) is 9.53 Å². The summed E-state index contributed by atoms with van der Waals surface area (Å²) in [6.07, 6.45) is 1.89. The van der Waals surface area contributed by atoms with Crippen LogP contribution in [0.25, 0.3) is 0 Å². The van der Waals surface area contributed by atoms with Crippen LogP contribution < -0.4 is 0 Å². The van der Waals surface area contributed by atoms with E-state index in [1.54, 1.807) is 13.0 Å². The fourth-order valence-electron chi connectivity index (χ4n) is 3.37. The minimum Gasteiger partial charge on any atom is -0.478 e. The molecule has 2 rings (SSSR count). The number of carboxylic acid groups (broad SMARTS) is 1. The van der Waals surface area contributed by atoms with Crippen LogP contribution in [0.4, 0.5) is 0 Å². The third-order valence-electron chi connectivity index (χ3n) is 4.45. The maximum Gasteiger partial charge on any atom is 0.331 e. The molecule has 6 unspecified atom stereocenters. The number of fused-ring (bicyclic) bond motifs is 2. The van der Waals surface area contributed by atoms with Crippen molar-refractivity contribution in [2.24, 2.45) is 17.8 Å². The molecule has 3 N–H and O–H groups in total. The van der Waals surface area contributed by atoms with E-state index in [0.29, 0.717) is 6.61 Å². The van der Waals surface area contributed by atoms with Gasteiger partial charge in [-0.1, -0.05) is 0 Å². The number of carboxylic acids is 1. The van der Waals surface area contributed by atoms with Crippen molar-refractivity contribution in [2.75, 3.05) is 6.61 Å². The Bertz CT molecular complexity index is 376. The van der Waals surface area contributed by atoms with Gasteiger partial charge in [0, 0.05) is 5.57 Å². The molecule has 0 heterocycles. The number of ether oxygens (including phenoxy) is 1. The molecule has 0 spiro atoms. The SMILES string of the molecule is CC(=CC(C)OCC1CC2CC1C(O)C2O)C(=O)O. The van der Waals surface area contributed by atoms with Crippen LogP contribution in [0, 0.1) is 17.8 Å². The van der Waals surface area contributed by atoms with Crippen molar-refractivity contribution in [2.45, 2.75) is 45.0 Å². The van der Waals surface area contributed by atoms with Gasteiger partial charge in [0.15, 0.2) is 0 Å². The number of aliphatic hydroxyl groups excluding tert-OH is 2. The summed E-state index contributed by atoms with van der Waals surface area (Å²) >= 11 is 0. The van der Waals surface area contributed by atoms with Crippen molar-refractivity contribution in [3.05, 3.63) is 11.6 Å². The fraction of sp³-hybridized carbons (Fsp3) is 0.786. The molecule has 2 aliphatic rings. The van der Waals surface area contributed by atoms with E-state index in [1.807, 2.05) is 6.92 Å². The molecule has 0 amide bonds. The van der Waals surface area contributed by atoms with Gasteiger partial charge in [-0.3, -0.25) is 0 Å². The summed E-state index contributed by atoms with van der Waals surface area (Å²) in [6.45, 7) is 3.86. The van der Waals surface area contributed by atoms with Crippen LogP contribution in [0.15, 0.2) is 11.6 Å². The quantitative estimate of drug-likeness (QED) is 0.643. The topological polar surface area (TPSA) is 87.0 Å². The van der Waals surface area contributed by atoms with Crippen molar-refractivity contribution in [1.82, 2.24) is 0 Å². The molecule has 5 nitrogen and oxygen atoms in total. The van der Waals surface area contributed by atoms with Gasteiger partial charge in [0.25, 0.3) is 0 Å². The average Bonchev–Trinajstić information content (AvgIpc) is 2.87. The molecule has 6 atom stereocenters. The number of hydrogen-bond donors (Lipinski definition) is 3. The molecule has 2 aliphatic carbocycles. The number of hydrogen-bond acceptors (Lipinski definition) is 4. The second-order valence-electron chi connectivity index (χ2n) is 5.83.